The molecule has 0 radical (unpaired) electrons. The Bertz CT molecular complexity index is 508. The highest BCUT2D eigenvalue weighted by Gasteiger charge is 2.04. The van der Waals surface area contributed by atoms with Crippen molar-refractivity contribution >= 4 is 0 Å². The Hall–Kier alpha value is -1.85. The van der Waals surface area contributed by atoms with E-state index in [0.717, 1.165) is 31.2 Å². The summed E-state index contributed by atoms with van der Waals surface area (Å²) in [4.78, 5) is 11.7. The highest BCUT2D eigenvalue weighted by atomic mass is 16.5. The Morgan fingerprint density at radius 3 is 2.48 bits per heavy atom. The number of benzene rings is 1. The third-order valence-electron chi connectivity index (χ3n) is 3.16. The van der Waals surface area contributed by atoms with Gasteiger partial charge in [0.1, 0.15) is 18.2 Å². The zero-order chi connectivity index (χ0) is 15.1. The number of rotatable bonds is 8. The van der Waals surface area contributed by atoms with E-state index in [9.17, 15) is 0 Å². The first-order valence-corrected chi connectivity index (χ1v) is 7.17. The molecule has 0 aliphatic rings. The number of likely N-dealkylation sites (N-methyl/N-ethyl adjacent to an activating group) is 1. The molecule has 1 N–H and O–H groups in total. The smallest absolute Gasteiger partial charge is 0.120 e. The first-order chi connectivity index (χ1) is 10.1. The van der Waals surface area contributed by atoms with Gasteiger partial charge in [-0.05, 0) is 38.8 Å². The molecule has 0 fully saturated rings. The molecule has 1 heterocycles. The van der Waals surface area contributed by atoms with Crippen LogP contribution in [0.4, 0.5) is 0 Å². The third kappa shape index (κ3) is 5.57. The second kappa shape index (κ2) is 7.81. The summed E-state index contributed by atoms with van der Waals surface area (Å²) in [5.74, 6) is 1.91. The second-order valence-electron chi connectivity index (χ2n) is 5.50. The zero-order valence-corrected chi connectivity index (χ0v) is 13.0. The molecule has 2 aromatic rings. The van der Waals surface area contributed by atoms with Crippen LogP contribution in [0.1, 0.15) is 11.4 Å². The van der Waals surface area contributed by atoms with Crippen LogP contribution in [0.3, 0.4) is 0 Å². The summed E-state index contributed by atoms with van der Waals surface area (Å²) < 4.78 is 5.69. The van der Waals surface area contributed by atoms with Crippen molar-refractivity contribution in [3.63, 3.8) is 0 Å². The molecule has 0 amide bonds. The van der Waals surface area contributed by atoms with E-state index in [4.69, 9.17) is 4.74 Å². The number of imidazole rings is 1. The maximum Gasteiger partial charge on any atom is 0.120 e. The van der Waals surface area contributed by atoms with Gasteiger partial charge in [-0.3, -0.25) is 4.90 Å². The molecule has 2 rings (SSSR count). The molecule has 0 spiro atoms. The minimum absolute atomic E-state index is 0.713. The Morgan fingerprint density at radius 1 is 1.10 bits per heavy atom. The van der Waals surface area contributed by atoms with E-state index in [-0.39, 0.29) is 0 Å². The van der Waals surface area contributed by atoms with Crippen molar-refractivity contribution in [2.45, 2.75) is 13.1 Å². The lowest BCUT2D eigenvalue weighted by Crippen LogP contribution is -2.19. The number of aromatic nitrogens is 2. The largest absolute Gasteiger partial charge is 0.492 e. The predicted molar refractivity (Wildman–Crippen MR) is 84.2 cm³/mol. The second-order valence-corrected chi connectivity index (χ2v) is 5.50. The summed E-state index contributed by atoms with van der Waals surface area (Å²) in [6.45, 7) is 3.34. The first kappa shape index (κ1) is 15.5. The van der Waals surface area contributed by atoms with Gasteiger partial charge in [0.25, 0.3) is 0 Å². The lowest BCUT2D eigenvalue weighted by Gasteiger charge is -2.16. The quantitative estimate of drug-likeness (QED) is 0.807. The molecular weight excluding hydrogens is 264 g/mol. The number of nitrogens with one attached hydrogen (secondary N) is 1. The monoisotopic (exact) mass is 288 g/mol. The van der Waals surface area contributed by atoms with Crippen LogP contribution in [0.2, 0.25) is 0 Å². The molecule has 0 atom stereocenters. The molecule has 5 nitrogen and oxygen atoms in total. The SMILES string of the molecule is CN(C)CCOc1ccc(CN(C)Cc2ncc[nH]2)cc1. The highest BCUT2D eigenvalue weighted by molar-refractivity contribution is 5.27. The summed E-state index contributed by atoms with van der Waals surface area (Å²) in [7, 11) is 6.17. The number of hydrogen-bond acceptors (Lipinski definition) is 4. The summed E-state index contributed by atoms with van der Waals surface area (Å²) >= 11 is 0. The van der Waals surface area contributed by atoms with Gasteiger partial charge in [-0.1, -0.05) is 12.1 Å². The average molecular weight is 288 g/mol. The Balaban J connectivity index is 1.78. The van der Waals surface area contributed by atoms with Crippen LogP contribution in [0.15, 0.2) is 36.7 Å². The van der Waals surface area contributed by atoms with Gasteiger partial charge in [0.05, 0.1) is 6.54 Å². The number of nitrogens with zero attached hydrogens (tertiary/aromatic N) is 3. The Morgan fingerprint density at radius 2 is 1.86 bits per heavy atom. The molecule has 0 aliphatic carbocycles. The van der Waals surface area contributed by atoms with Gasteiger partial charge in [0.2, 0.25) is 0 Å². The van der Waals surface area contributed by atoms with Crippen molar-refractivity contribution < 1.29 is 4.74 Å². The lowest BCUT2D eigenvalue weighted by molar-refractivity contribution is 0.261. The maximum atomic E-state index is 5.69. The predicted octanol–water partition coefficient (Wildman–Crippen LogP) is 1.98. The highest BCUT2D eigenvalue weighted by Crippen LogP contribution is 2.13. The van der Waals surface area contributed by atoms with Crippen LogP contribution in [0.25, 0.3) is 0 Å². The van der Waals surface area contributed by atoms with E-state index in [1.807, 2.05) is 32.4 Å². The van der Waals surface area contributed by atoms with Crippen LogP contribution >= 0.6 is 0 Å². The number of H-pyrrole nitrogens is 1. The standard InChI is InChI=1S/C16H24N4O/c1-19(2)10-11-21-15-6-4-14(5-7-15)12-20(3)13-16-17-8-9-18-16/h4-9H,10-13H2,1-3H3,(H,17,18). The van der Waals surface area contributed by atoms with Gasteiger partial charge in [0.15, 0.2) is 0 Å². The summed E-state index contributed by atoms with van der Waals surface area (Å²) in [6.07, 6.45) is 3.63. The zero-order valence-electron chi connectivity index (χ0n) is 13.0. The lowest BCUT2D eigenvalue weighted by atomic mass is 10.2. The molecule has 0 saturated carbocycles. The Kier molecular flexibility index (Phi) is 5.78. The summed E-state index contributed by atoms with van der Waals surface area (Å²) in [5, 5.41) is 0. The van der Waals surface area contributed by atoms with Gasteiger partial charge >= 0.3 is 0 Å². The molecule has 5 heteroatoms. The van der Waals surface area contributed by atoms with Crippen molar-refractivity contribution in [3.8, 4) is 5.75 Å². The molecule has 1 aromatic heterocycles. The van der Waals surface area contributed by atoms with Gasteiger partial charge < -0.3 is 14.6 Å². The van der Waals surface area contributed by atoms with E-state index >= 15 is 0 Å². The van der Waals surface area contributed by atoms with Crippen LogP contribution in [-0.2, 0) is 13.1 Å². The molecule has 114 valence electrons. The van der Waals surface area contributed by atoms with Crippen molar-refractivity contribution in [2.75, 3.05) is 34.3 Å². The van der Waals surface area contributed by atoms with Crippen LogP contribution in [0, 0.1) is 0 Å². The van der Waals surface area contributed by atoms with Crippen LogP contribution < -0.4 is 4.74 Å². The number of hydrogen-bond donors (Lipinski definition) is 1. The van der Waals surface area contributed by atoms with Crippen LogP contribution in [0.5, 0.6) is 5.75 Å². The topological polar surface area (TPSA) is 44.4 Å². The molecule has 1 aromatic carbocycles. The molecule has 21 heavy (non-hydrogen) atoms. The van der Waals surface area contributed by atoms with Gasteiger partial charge in [0, 0.05) is 25.5 Å². The Labute approximate surface area is 126 Å². The number of aromatic amines is 1. The molecule has 0 unspecified atom stereocenters. The van der Waals surface area contributed by atoms with Gasteiger partial charge in [-0.2, -0.15) is 0 Å². The molecule has 0 saturated heterocycles. The average Bonchev–Trinajstić information content (AvgIpc) is 2.93. The number of ether oxygens (including phenoxy) is 1. The van der Waals surface area contributed by atoms with Crippen molar-refractivity contribution in [1.29, 1.82) is 0 Å². The molecule has 0 bridgehead atoms. The van der Waals surface area contributed by atoms with Crippen molar-refractivity contribution in [2.24, 2.45) is 0 Å². The van der Waals surface area contributed by atoms with Gasteiger partial charge in [-0.25, -0.2) is 4.98 Å². The van der Waals surface area contributed by atoms with Gasteiger partial charge in [-0.15, -0.1) is 0 Å². The third-order valence-corrected chi connectivity index (χ3v) is 3.16. The minimum Gasteiger partial charge on any atom is -0.492 e. The summed E-state index contributed by atoms with van der Waals surface area (Å²) in [5.41, 5.74) is 1.27. The van der Waals surface area contributed by atoms with E-state index in [0.29, 0.717) is 6.61 Å². The van der Waals surface area contributed by atoms with E-state index in [1.54, 1.807) is 6.20 Å². The van der Waals surface area contributed by atoms with E-state index in [1.165, 1.54) is 5.56 Å². The van der Waals surface area contributed by atoms with Crippen molar-refractivity contribution in [3.05, 3.63) is 48.0 Å². The van der Waals surface area contributed by atoms with E-state index < -0.39 is 0 Å². The molecule has 0 aliphatic heterocycles. The summed E-state index contributed by atoms with van der Waals surface area (Å²) in [6, 6.07) is 8.30. The first-order valence-electron chi connectivity index (χ1n) is 7.17. The fraction of sp³-hybridized carbons (Fsp3) is 0.438. The maximum absolute atomic E-state index is 5.69. The van der Waals surface area contributed by atoms with Crippen molar-refractivity contribution in [1.82, 2.24) is 19.8 Å². The minimum atomic E-state index is 0.713. The normalized spacial score (nSPS) is 11.3. The van der Waals surface area contributed by atoms with Crippen LogP contribution in [-0.4, -0.2) is 54.1 Å². The fourth-order valence-corrected chi connectivity index (χ4v) is 2.04. The molecular formula is C16H24N4O. The fourth-order valence-electron chi connectivity index (χ4n) is 2.04. The van der Waals surface area contributed by atoms with E-state index in [2.05, 4.69) is 38.9 Å².